The number of nitrogens with one attached hydrogen (secondary N) is 1. The van der Waals surface area contributed by atoms with E-state index in [4.69, 9.17) is 37.9 Å². The Morgan fingerprint density at radius 1 is 0.386 bits per heavy atom. The quantitative estimate of drug-likeness (QED) is 0.0848. The second-order valence-electron chi connectivity index (χ2n) is 10.8. The maximum atomic E-state index is 11.9. The molecule has 0 saturated heterocycles. The van der Waals surface area contributed by atoms with Crippen LogP contribution in [0.25, 0.3) is 0 Å². The summed E-state index contributed by atoms with van der Waals surface area (Å²) in [5, 5.41) is 2.93. The molecule has 0 radical (unpaired) electrons. The Morgan fingerprint density at radius 2 is 0.682 bits per heavy atom. The minimum Gasteiger partial charge on any atom is -0.379 e. The van der Waals surface area contributed by atoms with Crippen LogP contribution in [0.3, 0.4) is 0 Å². The molecule has 0 aromatic rings. The molecule has 10 nitrogen and oxygen atoms in total. The molecular formula is C34H69NO9. The lowest BCUT2D eigenvalue weighted by molar-refractivity contribution is -0.121. The van der Waals surface area contributed by atoms with Gasteiger partial charge in [0.15, 0.2) is 0 Å². The van der Waals surface area contributed by atoms with Gasteiger partial charge in [-0.15, -0.1) is 0 Å². The van der Waals surface area contributed by atoms with Crippen molar-refractivity contribution in [2.24, 2.45) is 0 Å². The third-order valence-corrected chi connectivity index (χ3v) is 6.88. The van der Waals surface area contributed by atoms with E-state index < -0.39 is 0 Å². The van der Waals surface area contributed by atoms with Crippen LogP contribution in [0.2, 0.25) is 0 Å². The number of rotatable bonds is 39. The van der Waals surface area contributed by atoms with E-state index in [-0.39, 0.29) is 5.91 Å². The van der Waals surface area contributed by atoms with Gasteiger partial charge >= 0.3 is 0 Å². The summed E-state index contributed by atoms with van der Waals surface area (Å²) in [6.07, 6.45) is 17.7. The molecule has 0 aliphatic rings. The van der Waals surface area contributed by atoms with Gasteiger partial charge in [-0.05, 0) is 13.3 Å². The second kappa shape index (κ2) is 40.2. The fourth-order valence-electron chi connectivity index (χ4n) is 4.34. The van der Waals surface area contributed by atoms with Crippen molar-refractivity contribution in [1.82, 2.24) is 5.32 Å². The molecule has 0 fully saturated rings. The van der Waals surface area contributed by atoms with Gasteiger partial charge in [-0.1, -0.05) is 84.0 Å². The smallest absolute Gasteiger partial charge is 0.220 e. The first-order valence-electron chi connectivity index (χ1n) is 17.7. The molecule has 0 aromatic carbocycles. The molecule has 0 unspecified atom stereocenters. The monoisotopic (exact) mass is 635 g/mol. The Labute approximate surface area is 269 Å². The van der Waals surface area contributed by atoms with Crippen LogP contribution in [0.15, 0.2) is 0 Å². The highest BCUT2D eigenvalue weighted by Gasteiger charge is 2.01. The first-order chi connectivity index (χ1) is 21.8. The fraction of sp³-hybridized carbons (Fsp3) is 0.971. The molecule has 0 spiro atoms. The highest BCUT2D eigenvalue weighted by molar-refractivity contribution is 5.75. The summed E-state index contributed by atoms with van der Waals surface area (Å²) in [4.78, 5) is 11.9. The number of hydrogen-bond donors (Lipinski definition) is 1. The summed E-state index contributed by atoms with van der Waals surface area (Å²) in [7, 11) is 0. The topological polar surface area (TPSA) is 103 Å². The van der Waals surface area contributed by atoms with Crippen LogP contribution < -0.4 is 5.32 Å². The van der Waals surface area contributed by atoms with E-state index in [1.54, 1.807) is 0 Å². The summed E-state index contributed by atoms with van der Waals surface area (Å²) in [5.74, 6) is 0.123. The van der Waals surface area contributed by atoms with Crippen molar-refractivity contribution in [3.05, 3.63) is 0 Å². The first kappa shape index (κ1) is 43.1. The Balaban J connectivity index is 3.13. The van der Waals surface area contributed by atoms with Gasteiger partial charge in [0, 0.05) is 19.6 Å². The van der Waals surface area contributed by atoms with Crippen LogP contribution in [0.1, 0.15) is 104 Å². The maximum Gasteiger partial charge on any atom is 0.220 e. The summed E-state index contributed by atoms with van der Waals surface area (Å²) in [6, 6.07) is 0. The Hall–Kier alpha value is -0.850. The van der Waals surface area contributed by atoms with Crippen LogP contribution >= 0.6 is 0 Å². The molecule has 0 aliphatic carbocycles. The molecular weight excluding hydrogens is 566 g/mol. The van der Waals surface area contributed by atoms with Crippen molar-refractivity contribution in [2.75, 3.05) is 112 Å². The molecule has 1 N–H and O–H groups in total. The number of ether oxygens (including phenoxy) is 8. The van der Waals surface area contributed by atoms with Crippen molar-refractivity contribution in [1.29, 1.82) is 0 Å². The predicted molar refractivity (Wildman–Crippen MR) is 176 cm³/mol. The minimum atomic E-state index is 0.123. The number of carbonyl (C=O) groups is 1. The van der Waals surface area contributed by atoms with Gasteiger partial charge in [-0.2, -0.15) is 0 Å². The SMILES string of the molecule is CCCCCCCCCCCCCCCC(=O)NCCOCCOCCOCCOCCOCCOCCOCCOCC. The zero-order chi connectivity index (χ0) is 31.9. The number of carbonyl (C=O) groups excluding carboxylic acids is 1. The van der Waals surface area contributed by atoms with Crippen molar-refractivity contribution >= 4 is 5.91 Å². The molecule has 0 saturated carbocycles. The van der Waals surface area contributed by atoms with Crippen LogP contribution in [0, 0.1) is 0 Å². The first-order valence-corrected chi connectivity index (χ1v) is 17.7. The van der Waals surface area contributed by atoms with E-state index in [9.17, 15) is 4.79 Å². The number of unbranched alkanes of at least 4 members (excludes halogenated alkanes) is 12. The van der Waals surface area contributed by atoms with Crippen LogP contribution in [-0.4, -0.2) is 118 Å². The van der Waals surface area contributed by atoms with Crippen LogP contribution in [-0.2, 0) is 42.7 Å². The van der Waals surface area contributed by atoms with Gasteiger partial charge in [-0.3, -0.25) is 4.79 Å². The van der Waals surface area contributed by atoms with Crippen LogP contribution in [0.5, 0.6) is 0 Å². The Bertz CT molecular complexity index is 543. The molecule has 264 valence electrons. The summed E-state index contributed by atoms with van der Waals surface area (Å²) >= 11 is 0. The zero-order valence-corrected chi connectivity index (χ0v) is 28.6. The molecule has 0 atom stereocenters. The summed E-state index contributed by atoms with van der Waals surface area (Å²) < 4.78 is 43.4. The molecule has 0 heterocycles. The van der Waals surface area contributed by atoms with E-state index in [0.29, 0.717) is 119 Å². The average Bonchev–Trinajstić information content (AvgIpc) is 3.03. The molecule has 0 bridgehead atoms. The largest absolute Gasteiger partial charge is 0.379 e. The Morgan fingerprint density at radius 3 is 1.02 bits per heavy atom. The number of amides is 1. The van der Waals surface area contributed by atoms with E-state index >= 15 is 0 Å². The third kappa shape index (κ3) is 39.2. The predicted octanol–water partition coefficient (Wildman–Crippen LogP) is 5.74. The minimum absolute atomic E-state index is 0.123. The van der Waals surface area contributed by atoms with Gasteiger partial charge < -0.3 is 43.2 Å². The summed E-state index contributed by atoms with van der Waals surface area (Å²) in [6.45, 7) is 13.5. The van der Waals surface area contributed by atoms with E-state index in [0.717, 1.165) is 12.8 Å². The van der Waals surface area contributed by atoms with Crippen molar-refractivity contribution in [3.8, 4) is 0 Å². The standard InChI is InChI=1S/C34H69NO9/c1-3-5-6-7-8-9-10-11-12-13-14-15-16-17-34(36)35-18-19-38-22-23-40-26-27-42-30-31-44-33-32-43-29-28-41-25-24-39-21-20-37-4-2/h3-33H2,1-2H3,(H,35,36). The van der Waals surface area contributed by atoms with Crippen LogP contribution in [0.4, 0.5) is 0 Å². The molecule has 0 aromatic heterocycles. The third-order valence-electron chi connectivity index (χ3n) is 6.88. The van der Waals surface area contributed by atoms with E-state index in [1.807, 2.05) is 6.92 Å². The van der Waals surface area contributed by atoms with Crippen molar-refractivity contribution in [2.45, 2.75) is 104 Å². The van der Waals surface area contributed by atoms with Gasteiger partial charge in [0.2, 0.25) is 5.91 Å². The van der Waals surface area contributed by atoms with Crippen molar-refractivity contribution < 1.29 is 42.7 Å². The highest BCUT2D eigenvalue weighted by Crippen LogP contribution is 2.12. The highest BCUT2D eigenvalue weighted by atomic mass is 16.6. The molecule has 0 aliphatic heterocycles. The molecule has 44 heavy (non-hydrogen) atoms. The maximum absolute atomic E-state index is 11.9. The summed E-state index contributed by atoms with van der Waals surface area (Å²) in [5.41, 5.74) is 0. The zero-order valence-electron chi connectivity index (χ0n) is 28.6. The number of hydrogen-bond acceptors (Lipinski definition) is 9. The normalized spacial score (nSPS) is 11.4. The lowest BCUT2D eigenvalue weighted by Gasteiger charge is -2.09. The lowest BCUT2D eigenvalue weighted by Crippen LogP contribution is -2.27. The van der Waals surface area contributed by atoms with Crippen molar-refractivity contribution in [3.63, 3.8) is 0 Å². The lowest BCUT2D eigenvalue weighted by atomic mass is 10.0. The van der Waals surface area contributed by atoms with Gasteiger partial charge in [-0.25, -0.2) is 0 Å². The molecule has 1 amide bonds. The van der Waals surface area contributed by atoms with Gasteiger partial charge in [0.05, 0.1) is 99.1 Å². The average molecular weight is 636 g/mol. The van der Waals surface area contributed by atoms with Gasteiger partial charge in [0.1, 0.15) is 0 Å². The Kier molecular flexibility index (Phi) is 39.4. The van der Waals surface area contributed by atoms with E-state index in [1.165, 1.54) is 70.6 Å². The molecule has 0 rings (SSSR count). The van der Waals surface area contributed by atoms with Gasteiger partial charge in [0.25, 0.3) is 0 Å². The fourth-order valence-corrected chi connectivity index (χ4v) is 4.34. The second-order valence-corrected chi connectivity index (χ2v) is 10.8. The van der Waals surface area contributed by atoms with E-state index in [2.05, 4.69) is 12.2 Å². The molecule has 10 heteroatoms.